The summed E-state index contributed by atoms with van der Waals surface area (Å²) in [5, 5.41) is 3.32. The molecule has 0 aromatic heterocycles. The standard InChI is InChI=1S/C12H24N2O/c1-4-5-6-10-7-8-13-11(9-10)12(15)14(2)3/h10-11,13H,4-9H2,1-3H3. The lowest BCUT2D eigenvalue weighted by atomic mass is 9.88. The van der Waals surface area contributed by atoms with E-state index in [9.17, 15) is 4.79 Å². The van der Waals surface area contributed by atoms with Gasteiger partial charge in [-0.25, -0.2) is 0 Å². The molecule has 2 unspecified atom stereocenters. The number of unbranched alkanes of at least 4 members (excludes halogenated alkanes) is 1. The lowest BCUT2D eigenvalue weighted by Crippen LogP contribution is -2.48. The van der Waals surface area contributed by atoms with Gasteiger partial charge in [-0.3, -0.25) is 4.79 Å². The van der Waals surface area contributed by atoms with Crippen LogP contribution in [0.5, 0.6) is 0 Å². The van der Waals surface area contributed by atoms with Gasteiger partial charge in [0, 0.05) is 14.1 Å². The summed E-state index contributed by atoms with van der Waals surface area (Å²) in [5.74, 6) is 0.983. The van der Waals surface area contributed by atoms with Crippen LogP contribution in [-0.2, 0) is 4.79 Å². The van der Waals surface area contributed by atoms with Crippen molar-refractivity contribution in [1.82, 2.24) is 10.2 Å². The summed E-state index contributed by atoms with van der Waals surface area (Å²) in [4.78, 5) is 13.5. The van der Waals surface area contributed by atoms with Crippen molar-refractivity contribution in [2.45, 2.75) is 45.1 Å². The van der Waals surface area contributed by atoms with Crippen LogP contribution in [0, 0.1) is 5.92 Å². The summed E-state index contributed by atoms with van der Waals surface area (Å²) >= 11 is 0. The summed E-state index contributed by atoms with van der Waals surface area (Å²) < 4.78 is 0. The van der Waals surface area contributed by atoms with Crippen LogP contribution in [0.1, 0.15) is 39.0 Å². The van der Waals surface area contributed by atoms with E-state index >= 15 is 0 Å². The smallest absolute Gasteiger partial charge is 0.239 e. The molecule has 3 heteroatoms. The fourth-order valence-electron chi connectivity index (χ4n) is 2.25. The van der Waals surface area contributed by atoms with Crippen molar-refractivity contribution in [2.75, 3.05) is 20.6 Å². The first-order chi connectivity index (χ1) is 7.15. The Morgan fingerprint density at radius 2 is 2.20 bits per heavy atom. The Kier molecular flexibility index (Phi) is 5.09. The van der Waals surface area contributed by atoms with Gasteiger partial charge in [0.1, 0.15) is 0 Å². The van der Waals surface area contributed by atoms with E-state index < -0.39 is 0 Å². The third-order valence-electron chi connectivity index (χ3n) is 3.22. The molecule has 0 aromatic carbocycles. The maximum Gasteiger partial charge on any atom is 0.239 e. The van der Waals surface area contributed by atoms with E-state index in [4.69, 9.17) is 0 Å². The second kappa shape index (κ2) is 6.11. The number of amides is 1. The fourth-order valence-corrected chi connectivity index (χ4v) is 2.25. The number of carbonyl (C=O) groups excluding carboxylic acids is 1. The zero-order chi connectivity index (χ0) is 11.3. The summed E-state index contributed by atoms with van der Waals surface area (Å²) in [6, 6.07) is 0.0654. The second-order valence-corrected chi connectivity index (χ2v) is 4.77. The van der Waals surface area contributed by atoms with E-state index in [1.54, 1.807) is 4.90 Å². The number of carbonyl (C=O) groups is 1. The molecule has 0 saturated carbocycles. The monoisotopic (exact) mass is 212 g/mol. The summed E-state index contributed by atoms with van der Waals surface area (Å²) in [6.07, 6.45) is 6.10. The van der Waals surface area contributed by atoms with Crippen molar-refractivity contribution >= 4 is 5.91 Å². The van der Waals surface area contributed by atoms with Crippen LogP contribution in [0.15, 0.2) is 0 Å². The van der Waals surface area contributed by atoms with Crippen molar-refractivity contribution in [3.8, 4) is 0 Å². The molecule has 1 aliphatic heterocycles. The number of nitrogens with one attached hydrogen (secondary N) is 1. The van der Waals surface area contributed by atoms with Gasteiger partial charge in [0.2, 0.25) is 5.91 Å². The first-order valence-electron chi connectivity index (χ1n) is 6.09. The number of piperidine rings is 1. The van der Waals surface area contributed by atoms with Crippen LogP contribution in [0.4, 0.5) is 0 Å². The average Bonchev–Trinajstić information content (AvgIpc) is 2.25. The molecular formula is C12H24N2O. The van der Waals surface area contributed by atoms with Crippen LogP contribution in [0.3, 0.4) is 0 Å². The lowest BCUT2D eigenvalue weighted by molar-refractivity contribution is -0.131. The van der Waals surface area contributed by atoms with Crippen molar-refractivity contribution < 1.29 is 4.79 Å². The Bertz CT molecular complexity index is 204. The summed E-state index contributed by atoms with van der Waals surface area (Å²) in [5.41, 5.74) is 0. The largest absolute Gasteiger partial charge is 0.347 e. The molecule has 3 nitrogen and oxygen atoms in total. The van der Waals surface area contributed by atoms with Crippen LogP contribution >= 0.6 is 0 Å². The quantitative estimate of drug-likeness (QED) is 0.768. The van der Waals surface area contributed by atoms with Gasteiger partial charge in [-0.15, -0.1) is 0 Å². The van der Waals surface area contributed by atoms with E-state index in [-0.39, 0.29) is 11.9 Å². The van der Waals surface area contributed by atoms with Gasteiger partial charge in [0.15, 0.2) is 0 Å². The predicted octanol–water partition coefficient (Wildman–Crippen LogP) is 1.63. The first kappa shape index (κ1) is 12.5. The lowest BCUT2D eigenvalue weighted by Gasteiger charge is -2.31. The number of hydrogen-bond donors (Lipinski definition) is 1. The molecule has 1 fully saturated rings. The third-order valence-corrected chi connectivity index (χ3v) is 3.22. The van der Waals surface area contributed by atoms with Crippen molar-refractivity contribution in [3.63, 3.8) is 0 Å². The minimum atomic E-state index is 0.0654. The zero-order valence-electron chi connectivity index (χ0n) is 10.3. The van der Waals surface area contributed by atoms with E-state index in [0.29, 0.717) is 0 Å². The van der Waals surface area contributed by atoms with Gasteiger partial charge < -0.3 is 10.2 Å². The van der Waals surface area contributed by atoms with Crippen LogP contribution in [-0.4, -0.2) is 37.5 Å². The van der Waals surface area contributed by atoms with Crippen molar-refractivity contribution in [3.05, 3.63) is 0 Å². The van der Waals surface area contributed by atoms with E-state index in [2.05, 4.69) is 12.2 Å². The number of rotatable bonds is 4. The van der Waals surface area contributed by atoms with Crippen LogP contribution in [0.25, 0.3) is 0 Å². The Balaban J connectivity index is 2.38. The SMILES string of the molecule is CCCCC1CCNC(C(=O)N(C)C)C1. The molecule has 1 heterocycles. The molecule has 15 heavy (non-hydrogen) atoms. The molecule has 88 valence electrons. The molecule has 1 amide bonds. The fraction of sp³-hybridized carbons (Fsp3) is 0.917. The highest BCUT2D eigenvalue weighted by atomic mass is 16.2. The van der Waals surface area contributed by atoms with Crippen LogP contribution < -0.4 is 5.32 Å². The molecule has 0 radical (unpaired) electrons. The van der Waals surface area contributed by atoms with Gasteiger partial charge in [-0.05, 0) is 25.3 Å². The number of nitrogens with zero attached hydrogens (tertiary/aromatic N) is 1. The molecule has 1 aliphatic rings. The van der Waals surface area contributed by atoms with E-state index in [0.717, 1.165) is 18.9 Å². The molecule has 1 saturated heterocycles. The highest BCUT2D eigenvalue weighted by Gasteiger charge is 2.27. The third kappa shape index (κ3) is 3.82. The molecule has 0 aromatic rings. The van der Waals surface area contributed by atoms with Gasteiger partial charge in [0.05, 0.1) is 6.04 Å². The molecule has 1 N–H and O–H groups in total. The van der Waals surface area contributed by atoms with Gasteiger partial charge >= 0.3 is 0 Å². The molecule has 1 rings (SSSR count). The Morgan fingerprint density at radius 1 is 1.47 bits per heavy atom. The van der Waals surface area contributed by atoms with E-state index in [1.807, 2.05) is 14.1 Å². The second-order valence-electron chi connectivity index (χ2n) is 4.77. The van der Waals surface area contributed by atoms with Gasteiger partial charge in [-0.1, -0.05) is 26.2 Å². The van der Waals surface area contributed by atoms with E-state index in [1.165, 1.54) is 25.7 Å². The van der Waals surface area contributed by atoms with Gasteiger partial charge in [-0.2, -0.15) is 0 Å². The maximum atomic E-state index is 11.8. The first-order valence-corrected chi connectivity index (χ1v) is 6.09. The number of likely N-dealkylation sites (N-methyl/N-ethyl adjacent to an activating group) is 1. The maximum absolute atomic E-state index is 11.8. The Morgan fingerprint density at radius 3 is 2.80 bits per heavy atom. The molecular weight excluding hydrogens is 188 g/mol. The van der Waals surface area contributed by atoms with Crippen molar-refractivity contribution in [1.29, 1.82) is 0 Å². The Labute approximate surface area is 93.2 Å². The minimum Gasteiger partial charge on any atom is -0.347 e. The van der Waals surface area contributed by atoms with Gasteiger partial charge in [0.25, 0.3) is 0 Å². The highest BCUT2D eigenvalue weighted by molar-refractivity contribution is 5.81. The summed E-state index contributed by atoms with van der Waals surface area (Å²) in [6.45, 7) is 3.22. The predicted molar refractivity (Wildman–Crippen MR) is 62.7 cm³/mol. The Hall–Kier alpha value is -0.570. The molecule has 2 atom stereocenters. The molecule has 0 aliphatic carbocycles. The van der Waals surface area contributed by atoms with Crippen LogP contribution in [0.2, 0.25) is 0 Å². The zero-order valence-corrected chi connectivity index (χ0v) is 10.3. The highest BCUT2D eigenvalue weighted by Crippen LogP contribution is 2.22. The minimum absolute atomic E-state index is 0.0654. The normalized spacial score (nSPS) is 26.3. The number of hydrogen-bond acceptors (Lipinski definition) is 2. The topological polar surface area (TPSA) is 32.3 Å². The molecule has 0 spiro atoms. The van der Waals surface area contributed by atoms with Crippen molar-refractivity contribution in [2.24, 2.45) is 5.92 Å². The molecule has 0 bridgehead atoms. The average molecular weight is 212 g/mol. The summed E-state index contributed by atoms with van der Waals surface area (Å²) in [7, 11) is 3.67.